The Kier molecular flexibility index (Phi) is 11.9. The highest BCUT2D eigenvalue weighted by atomic mass is 32.2. The number of carbonyl (C=O) groups is 4. The molecular formula is C39H52N6O10S2. The molecule has 2 aromatic rings. The zero-order chi connectivity index (χ0) is 40.5. The van der Waals surface area contributed by atoms with Gasteiger partial charge >= 0.3 is 6.09 Å². The van der Waals surface area contributed by atoms with Crippen LogP contribution in [0, 0.1) is 5.92 Å². The number of hydrogen-bond acceptors (Lipinski definition) is 13. The standard InChI is InChI=1S/C39H52N6O10S2/c1-38(2,3)55-37(49)40-30-23-56-17-7-5-6-8-25-21-39(25,36(48)43-57(50,51)28-10-11-28)42-33(46)31-20-27(22-45(31)35(30)47)54-34-29-12-9-26(52-4)18-24(29)19-32(41-34)44-13-15-53-16-14-44/h6,8-9,12,18-19,25,27-28,30-31H,5,7,10-11,13-17,20-23H2,1-4H3,(H,40,49)(H,42,46)(H,43,48)/t25-,27?,30+,31+,39-/m1/s1. The highest BCUT2D eigenvalue weighted by Crippen LogP contribution is 2.46. The number of morpholine rings is 1. The molecule has 57 heavy (non-hydrogen) atoms. The monoisotopic (exact) mass is 828 g/mol. The summed E-state index contributed by atoms with van der Waals surface area (Å²) in [7, 11) is -2.32. The second-order valence-corrected chi connectivity index (χ2v) is 19.4. The fraction of sp³-hybridized carbons (Fsp3) is 0.615. The maximum atomic E-state index is 14.6. The molecule has 5 atom stereocenters. The van der Waals surface area contributed by atoms with Crippen LogP contribution in [0.25, 0.3) is 10.8 Å². The summed E-state index contributed by atoms with van der Waals surface area (Å²) in [5, 5.41) is 6.53. The molecule has 1 unspecified atom stereocenters. The Labute approximate surface area is 337 Å². The number of aromatic nitrogens is 1. The van der Waals surface area contributed by atoms with Crippen LogP contribution in [-0.4, -0.2) is 128 Å². The number of thioether (sulfide) groups is 1. The maximum Gasteiger partial charge on any atom is 0.408 e. The van der Waals surface area contributed by atoms with E-state index >= 15 is 0 Å². The summed E-state index contributed by atoms with van der Waals surface area (Å²) in [5.74, 6) is 0.156. The minimum atomic E-state index is -3.91. The van der Waals surface area contributed by atoms with Crippen LogP contribution in [0.5, 0.6) is 11.6 Å². The number of fused-ring (bicyclic) bond motifs is 3. The summed E-state index contributed by atoms with van der Waals surface area (Å²) >= 11 is 1.50. The van der Waals surface area contributed by atoms with Gasteiger partial charge < -0.3 is 39.4 Å². The SMILES string of the molecule is COc1ccc2c(OC3C[C@H]4C(=O)N[C@]5(C(=O)NS(=O)(=O)C6CC6)C[C@H]5C=CCCCSC[C@H](NC(=O)OC(C)(C)C)C(=O)N4C3)nc(N3CCOCC3)cc2c1. The lowest BCUT2D eigenvalue weighted by Crippen LogP contribution is -2.58. The van der Waals surface area contributed by atoms with Crippen molar-refractivity contribution in [3.05, 3.63) is 36.4 Å². The van der Waals surface area contributed by atoms with Gasteiger partial charge in [-0.05, 0) is 88.3 Å². The van der Waals surface area contributed by atoms with E-state index in [0.29, 0.717) is 74.2 Å². The first-order chi connectivity index (χ1) is 27.2. The van der Waals surface area contributed by atoms with E-state index in [9.17, 15) is 27.6 Å². The summed E-state index contributed by atoms with van der Waals surface area (Å²) in [6.07, 6.45) is 4.89. The van der Waals surface area contributed by atoms with Crippen molar-refractivity contribution < 1.29 is 46.5 Å². The summed E-state index contributed by atoms with van der Waals surface area (Å²) in [4.78, 5) is 64.4. The number of hydrogen-bond donors (Lipinski definition) is 3. The second-order valence-electron chi connectivity index (χ2n) is 16.2. The Hall–Kier alpha value is -4.29. The lowest BCUT2D eigenvalue weighted by Gasteiger charge is -2.30. The van der Waals surface area contributed by atoms with Gasteiger partial charge in [0, 0.05) is 36.6 Å². The van der Waals surface area contributed by atoms with E-state index in [1.165, 1.54) is 16.7 Å². The van der Waals surface area contributed by atoms with Crippen molar-refractivity contribution >= 4 is 62.2 Å². The molecule has 0 bridgehead atoms. The molecule has 5 aliphatic rings. The van der Waals surface area contributed by atoms with Crippen LogP contribution in [-0.2, 0) is 33.9 Å². The van der Waals surface area contributed by atoms with Gasteiger partial charge in [0.25, 0.3) is 5.91 Å². The zero-order valence-electron chi connectivity index (χ0n) is 32.8. The molecule has 2 aliphatic carbocycles. The van der Waals surface area contributed by atoms with E-state index < -0.39 is 74.3 Å². The zero-order valence-corrected chi connectivity index (χ0v) is 34.4. The predicted molar refractivity (Wildman–Crippen MR) is 214 cm³/mol. The highest BCUT2D eigenvalue weighted by molar-refractivity contribution is 7.99. The van der Waals surface area contributed by atoms with Crippen LogP contribution in [0.3, 0.4) is 0 Å². The number of pyridine rings is 1. The number of amides is 4. The maximum absolute atomic E-state index is 14.6. The Bertz CT molecular complexity index is 2020. The van der Waals surface area contributed by atoms with Gasteiger partial charge in [0.15, 0.2) is 0 Å². The molecule has 310 valence electrons. The molecule has 2 saturated heterocycles. The molecular weight excluding hydrogens is 777 g/mol. The van der Waals surface area contributed by atoms with E-state index in [1.807, 2.05) is 30.4 Å². The molecule has 4 fully saturated rings. The summed E-state index contributed by atoms with van der Waals surface area (Å²) in [5.41, 5.74) is -2.34. The van der Waals surface area contributed by atoms with Crippen LogP contribution in [0.1, 0.15) is 59.3 Å². The van der Waals surface area contributed by atoms with Crippen LogP contribution >= 0.6 is 11.8 Å². The van der Waals surface area contributed by atoms with Crippen LogP contribution in [0.4, 0.5) is 10.6 Å². The number of nitrogens with zero attached hydrogens (tertiary/aromatic N) is 3. The molecule has 0 radical (unpaired) electrons. The third-order valence-electron chi connectivity index (χ3n) is 10.7. The molecule has 0 spiro atoms. The van der Waals surface area contributed by atoms with Crippen molar-refractivity contribution in [1.29, 1.82) is 0 Å². The number of methoxy groups -OCH3 is 1. The number of ether oxygens (including phenoxy) is 4. The summed E-state index contributed by atoms with van der Waals surface area (Å²) < 4.78 is 51.3. The van der Waals surface area contributed by atoms with Gasteiger partial charge in [0.2, 0.25) is 27.7 Å². The number of nitrogens with one attached hydrogen (secondary N) is 3. The molecule has 3 aliphatic heterocycles. The van der Waals surface area contributed by atoms with Gasteiger partial charge in [-0.2, -0.15) is 16.7 Å². The number of rotatable bonds is 8. The van der Waals surface area contributed by atoms with Crippen molar-refractivity contribution in [2.75, 3.05) is 56.4 Å². The van der Waals surface area contributed by atoms with Gasteiger partial charge in [0.1, 0.15) is 40.9 Å². The van der Waals surface area contributed by atoms with Crippen molar-refractivity contribution in [2.45, 2.75) is 93.9 Å². The number of anilines is 1. The molecule has 1 aromatic heterocycles. The third-order valence-corrected chi connectivity index (χ3v) is 13.7. The van der Waals surface area contributed by atoms with Crippen LogP contribution in [0.2, 0.25) is 0 Å². The van der Waals surface area contributed by atoms with E-state index in [1.54, 1.807) is 33.9 Å². The first-order valence-corrected chi connectivity index (χ1v) is 22.3. The van der Waals surface area contributed by atoms with Gasteiger partial charge in [-0.1, -0.05) is 12.2 Å². The number of allylic oxidation sites excluding steroid dienone is 1. The van der Waals surface area contributed by atoms with Gasteiger partial charge in [0.05, 0.1) is 32.1 Å². The normalized spacial score (nSPS) is 27.3. The topological polar surface area (TPSA) is 195 Å². The van der Waals surface area contributed by atoms with Crippen LogP contribution in [0.15, 0.2) is 36.4 Å². The molecule has 4 heterocycles. The minimum absolute atomic E-state index is 0.0313. The Balaban J connectivity index is 1.21. The Morgan fingerprint density at radius 1 is 1.12 bits per heavy atom. The fourth-order valence-corrected chi connectivity index (χ4v) is 9.81. The van der Waals surface area contributed by atoms with Gasteiger partial charge in [-0.15, -0.1) is 0 Å². The largest absolute Gasteiger partial charge is 0.497 e. The van der Waals surface area contributed by atoms with Gasteiger partial charge in [-0.25, -0.2) is 13.2 Å². The smallest absolute Gasteiger partial charge is 0.408 e. The van der Waals surface area contributed by atoms with Crippen molar-refractivity contribution in [1.82, 2.24) is 25.2 Å². The lowest BCUT2D eigenvalue weighted by atomic mass is 10.1. The first kappa shape index (κ1) is 40.9. The van der Waals surface area contributed by atoms with E-state index in [-0.39, 0.29) is 25.1 Å². The van der Waals surface area contributed by atoms with E-state index in [4.69, 9.17) is 23.9 Å². The van der Waals surface area contributed by atoms with Gasteiger partial charge in [-0.3, -0.25) is 19.1 Å². The molecule has 3 N–H and O–H groups in total. The fourth-order valence-electron chi connectivity index (χ4n) is 7.45. The molecule has 1 aromatic carbocycles. The van der Waals surface area contributed by atoms with Crippen molar-refractivity contribution in [3.8, 4) is 11.6 Å². The first-order valence-electron chi connectivity index (χ1n) is 19.6. The molecule has 2 saturated carbocycles. The third kappa shape index (κ3) is 9.54. The molecule has 18 heteroatoms. The van der Waals surface area contributed by atoms with E-state index in [0.717, 1.165) is 11.8 Å². The summed E-state index contributed by atoms with van der Waals surface area (Å²) in [6, 6.07) is 5.32. The van der Waals surface area contributed by atoms with E-state index in [2.05, 4.69) is 20.3 Å². The highest BCUT2D eigenvalue weighted by Gasteiger charge is 2.62. The van der Waals surface area contributed by atoms with Crippen molar-refractivity contribution in [2.24, 2.45) is 5.92 Å². The number of benzene rings is 1. The number of carbonyl (C=O) groups excluding carboxylic acids is 4. The second kappa shape index (κ2) is 16.5. The quantitative estimate of drug-likeness (QED) is 0.329. The predicted octanol–water partition coefficient (Wildman–Crippen LogP) is 2.89. The average molecular weight is 829 g/mol. The number of alkyl carbamates (subject to hydrolysis) is 1. The van der Waals surface area contributed by atoms with Crippen LogP contribution < -0.4 is 29.7 Å². The molecule has 7 rings (SSSR count). The number of sulfonamides is 1. The minimum Gasteiger partial charge on any atom is -0.497 e. The Morgan fingerprint density at radius 2 is 1.89 bits per heavy atom. The van der Waals surface area contributed by atoms with Crippen molar-refractivity contribution in [3.63, 3.8) is 0 Å². The molecule has 4 amide bonds. The Morgan fingerprint density at radius 3 is 2.61 bits per heavy atom. The molecule has 16 nitrogen and oxygen atoms in total. The average Bonchev–Trinajstić information content (AvgIpc) is 4.09. The summed E-state index contributed by atoms with van der Waals surface area (Å²) in [6.45, 7) is 7.50. The lowest BCUT2D eigenvalue weighted by molar-refractivity contribution is -0.140.